The molecule has 0 aromatic carbocycles. The molecule has 0 aliphatic carbocycles. The first-order valence-electron chi connectivity index (χ1n) is 6.52. The number of hydrogen-bond donors (Lipinski definition) is 0. The summed E-state index contributed by atoms with van der Waals surface area (Å²) in [5.41, 5.74) is -0.308. The average molecular weight is 267 g/mol. The molecule has 1 aromatic heterocycles. The van der Waals surface area contributed by atoms with E-state index >= 15 is 0 Å². The molecule has 0 saturated carbocycles. The molecule has 0 fully saturated rings. The van der Waals surface area contributed by atoms with Gasteiger partial charge in [-0.1, -0.05) is 20.8 Å². The van der Waals surface area contributed by atoms with Gasteiger partial charge in [-0.05, 0) is 24.5 Å². The molecule has 0 radical (unpaired) electrons. The van der Waals surface area contributed by atoms with Crippen LogP contribution in [0.2, 0.25) is 0 Å². The Hall–Kier alpha value is -1.78. The van der Waals surface area contributed by atoms with Crippen molar-refractivity contribution in [3.8, 4) is 5.75 Å². The fourth-order valence-electron chi connectivity index (χ4n) is 1.41. The maximum Gasteiger partial charge on any atom is 0.326 e. The minimum atomic E-state index is -0.413. The molecule has 0 aliphatic heterocycles. The van der Waals surface area contributed by atoms with E-state index in [0.717, 1.165) is 6.42 Å². The monoisotopic (exact) mass is 267 g/mol. The van der Waals surface area contributed by atoms with Crippen LogP contribution in [0.25, 0.3) is 0 Å². The summed E-state index contributed by atoms with van der Waals surface area (Å²) in [5.74, 6) is 0.129. The summed E-state index contributed by atoms with van der Waals surface area (Å²) in [6.45, 7) is 6.63. The van der Waals surface area contributed by atoms with Crippen LogP contribution in [0.4, 0.5) is 0 Å². The maximum atomic E-state index is 12.0. The van der Waals surface area contributed by atoms with Crippen molar-refractivity contribution in [2.24, 2.45) is 5.92 Å². The lowest BCUT2D eigenvalue weighted by Gasteiger charge is -2.10. The second-order valence-corrected chi connectivity index (χ2v) is 4.73. The van der Waals surface area contributed by atoms with Crippen LogP contribution in [-0.4, -0.2) is 23.8 Å². The highest BCUT2D eigenvalue weighted by Crippen LogP contribution is 2.03. The maximum absolute atomic E-state index is 12.0. The van der Waals surface area contributed by atoms with Gasteiger partial charge in [-0.25, -0.2) is 0 Å². The Kier molecular flexibility index (Phi) is 6.12. The molecule has 0 saturated heterocycles. The van der Waals surface area contributed by atoms with Crippen LogP contribution >= 0.6 is 0 Å². The van der Waals surface area contributed by atoms with E-state index in [1.807, 2.05) is 20.8 Å². The number of esters is 1. The molecule has 0 spiro atoms. The SMILES string of the molecule is CCCOc1cccn(CC(=O)OCC(C)C)c1=O. The second-order valence-electron chi connectivity index (χ2n) is 4.73. The van der Waals surface area contributed by atoms with Gasteiger partial charge in [0.15, 0.2) is 5.75 Å². The van der Waals surface area contributed by atoms with Gasteiger partial charge in [0.1, 0.15) is 6.54 Å². The van der Waals surface area contributed by atoms with E-state index in [1.165, 1.54) is 4.57 Å². The zero-order valence-corrected chi connectivity index (χ0v) is 11.7. The van der Waals surface area contributed by atoms with Crippen molar-refractivity contribution in [2.45, 2.75) is 33.7 Å². The highest BCUT2D eigenvalue weighted by atomic mass is 16.5. The molecular weight excluding hydrogens is 246 g/mol. The van der Waals surface area contributed by atoms with Gasteiger partial charge in [-0.15, -0.1) is 0 Å². The number of ether oxygens (including phenoxy) is 2. The Labute approximate surface area is 113 Å². The number of aromatic nitrogens is 1. The zero-order chi connectivity index (χ0) is 14.3. The molecule has 0 unspecified atom stereocenters. The van der Waals surface area contributed by atoms with Crippen LogP contribution in [0.5, 0.6) is 5.75 Å². The van der Waals surface area contributed by atoms with Gasteiger partial charge in [0, 0.05) is 6.20 Å². The van der Waals surface area contributed by atoms with Crippen LogP contribution in [0.1, 0.15) is 27.2 Å². The molecule has 5 heteroatoms. The summed E-state index contributed by atoms with van der Waals surface area (Å²) in [5, 5.41) is 0. The van der Waals surface area contributed by atoms with Crippen LogP contribution in [0.3, 0.4) is 0 Å². The lowest BCUT2D eigenvalue weighted by Crippen LogP contribution is -2.26. The number of hydrogen-bond acceptors (Lipinski definition) is 4. The van der Waals surface area contributed by atoms with E-state index in [9.17, 15) is 9.59 Å². The normalized spacial score (nSPS) is 10.5. The van der Waals surface area contributed by atoms with Gasteiger partial charge in [0.25, 0.3) is 5.56 Å². The Balaban J connectivity index is 2.68. The molecule has 0 N–H and O–H groups in total. The van der Waals surface area contributed by atoms with Gasteiger partial charge >= 0.3 is 5.97 Å². The van der Waals surface area contributed by atoms with E-state index in [-0.39, 0.29) is 23.8 Å². The number of pyridine rings is 1. The fraction of sp³-hybridized carbons (Fsp3) is 0.571. The molecule has 0 atom stereocenters. The minimum Gasteiger partial charge on any atom is -0.488 e. The van der Waals surface area contributed by atoms with E-state index in [2.05, 4.69) is 0 Å². The third kappa shape index (κ3) is 5.16. The first kappa shape index (κ1) is 15.3. The van der Waals surface area contributed by atoms with Crippen molar-refractivity contribution in [3.05, 3.63) is 28.7 Å². The van der Waals surface area contributed by atoms with E-state index in [0.29, 0.717) is 13.2 Å². The summed E-state index contributed by atoms with van der Waals surface area (Å²) >= 11 is 0. The molecule has 0 amide bonds. The first-order valence-corrected chi connectivity index (χ1v) is 6.52. The number of carbonyl (C=O) groups is 1. The average Bonchev–Trinajstić information content (AvgIpc) is 2.37. The third-order valence-corrected chi connectivity index (χ3v) is 2.32. The Bertz CT molecular complexity index is 465. The highest BCUT2D eigenvalue weighted by molar-refractivity contribution is 5.69. The number of nitrogens with zero attached hydrogens (tertiary/aromatic N) is 1. The molecular formula is C14H21NO4. The minimum absolute atomic E-state index is 0.0884. The topological polar surface area (TPSA) is 57.5 Å². The lowest BCUT2D eigenvalue weighted by molar-refractivity contribution is -0.145. The zero-order valence-electron chi connectivity index (χ0n) is 11.7. The van der Waals surface area contributed by atoms with Gasteiger partial charge in [-0.3, -0.25) is 9.59 Å². The van der Waals surface area contributed by atoms with Gasteiger partial charge < -0.3 is 14.0 Å². The third-order valence-electron chi connectivity index (χ3n) is 2.32. The lowest BCUT2D eigenvalue weighted by atomic mass is 10.2. The van der Waals surface area contributed by atoms with Crippen molar-refractivity contribution in [1.29, 1.82) is 0 Å². The molecule has 0 bridgehead atoms. The van der Waals surface area contributed by atoms with Gasteiger partial charge in [0.2, 0.25) is 0 Å². The van der Waals surface area contributed by atoms with Crippen LogP contribution in [0.15, 0.2) is 23.1 Å². The van der Waals surface area contributed by atoms with E-state index in [4.69, 9.17) is 9.47 Å². The Morgan fingerprint density at radius 1 is 1.42 bits per heavy atom. The van der Waals surface area contributed by atoms with Gasteiger partial charge in [-0.2, -0.15) is 0 Å². The Morgan fingerprint density at radius 3 is 2.79 bits per heavy atom. The van der Waals surface area contributed by atoms with Crippen molar-refractivity contribution >= 4 is 5.97 Å². The summed E-state index contributed by atoms with van der Waals surface area (Å²) < 4.78 is 11.7. The highest BCUT2D eigenvalue weighted by Gasteiger charge is 2.09. The smallest absolute Gasteiger partial charge is 0.326 e. The second kappa shape index (κ2) is 7.61. The molecule has 19 heavy (non-hydrogen) atoms. The summed E-state index contributed by atoms with van der Waals surface area (Å²) in [6, 6.07) is 3.29. The first-order chi connectivity index (χ1) is 9.04. The molecule has 1 rings (SSSR count). The Morgan fingerprint density at radius 2 is 2.16 bits per heavy atom. The van der Waals surface area contributed by atoms with Crippen LogP contribution < -0.4 is 10.3 Å². The molecule has 106 valence electrons. The van der Waals surface area contributed by atoms with Crippen molar-refractivity contribution in [1.82, 2.24) is 4.57 Å². The standard InChI is InChI=1S/C14H21NO4/c1-4-8-18-12-6-5-7-15(14(12)17)9-13(16)19-10-11(2)3/h5-7,11H,4,8-10H2,1-3H3. The molecule has 0 aliphatic rings. The summed E-state index contributed by atoms with van der Waals surface area (Å²) in [6.07, 6.45) is 2.38. The summed E-state index contributed by atoms with van der Waals surface area (Å²) in [7, 11) is 0. The van der Waals surface area contributed by atoms with Crippen molar-refractivity contribution in [3.63, 3.8) is 0 Å². The van der Waals surface area contributed by atoms with Gasteiger partial charge in [0.05, 0.1) is 13.2 Å². The predicted molar refractivity (Wildman–Crippen MR) is 72.3 cm³/mol. The molecule has 1 heterocycles. The number of carbonyl (C=O) groups excluding carboxylic acids is 1. The fourth-order valence-corrected chi connectivity index (χ4v) is 1.41. The van der Waals surface area contributed by atoms with Crippen molar-refractivity contribution in [2.75, 3.05) is 13.2 Å². The van der Waals surface area contributed by atoms with E-state index < -0.39 is 5.97 Å². The number of rotatable bonds is 7. The predicted octanol–water partition coefficient (Wildman–Crippen LogP) is 1.84. The van der Waals surface area contributed by atoms with Crippen molar-refractivity contribution < 1.29 is 14.3 Å². The molecule has 1 aromatic rings. The summed E-state index contributed by atoms with van der Waals surface area (Å²) in [4.78, 5) is 23.6. The quantitative estimate of drug-likeness (QED) is 0.707. The molecule has 5 nitrogen and oxygen atoms in total. The van der Waals surface area contributed by atoms with E-state index in [1.54, 1.807) is 18.3 Å². The van der Waals surface area contributed by atoms with Crippen LogP contribution in [0, 0.1) is 5.92 Å². The largest absolute Gasteiger partial charge is 0.488 e. The van der Waals surface area contributed by atoms with Crippen LogP contribution in [-0.2, 0) is 16.1 Å².